The molecule has 0 spiro atoms. The van der Waals surface area contributed by atoms with Gasteiger partial charge >= 0.3 is 0 Å². The van der Waals surface area contributed by atoms with Crippen LogP contribution in [0.3, 0.4) is 0 Å². The molecule has 2 amide bonds. The van der Waals surface area contributed by atoms with Gasteiger partial charge in [0.05, 0.1) is 17.5 Å². The molecule has 1 saturated heterocycles. The van der Waals surface area contributed by atoms with Crippen LogP contribution >= 0.6 is 0 Å². The lowest BCUT2D eigenvalue weighted by atomic mass is 9.85. The molecule has 4 aliphatic rings. The second kappa shape index (κ2) is 4.92. The van der Waals surface area contributed by atoms with Crippen LogP contribution in [-0.2, 0) is 9.59 Å². The monoisotopic (exact) mass is 319 g/mol. The van der Waals surface area contributed by atoms with E-state index in [1.54, 1.807) is 0 Å². The number of amides is 2. The van der Waals surface area contributed by atoms with Crippen molar-refractivity contribution < 1.29 is 9.59 Å². The Balaban J connectivity index is 1.57. The normalized spacial score (nSPS) is 34.0. The highest BCUT2D eigenvalue weighted by atomic mass is 16.2. The smallest absolute Gasteiger partial charge is 0.238 e. The number of hydrogen-bond acceptors (Lipinski definition) is 2. The number of nitrogens with zero attached hydrogens (tertiary/aromatic N) is 1. The van der Waals surface area contributed by atoms with E-state index >= 15 is 0 Å². The summed E-state index contributed by atoms with van der Waals surface area (Å²) in [6, 6.07) is 7.69. The van der Waals surface area contributed by atoms with Crippen LogP contribution in [0.5, 0.6) is 0 Å². The minimum atomic E-state index is -0.171. The molecule has 24 heavy (non-hydrogen) atoms. The van der Waals surface area contributed by atoms with Crippen molar-refractivity contribution in [2.24, 2.45) is 23.7 Å². The first-order valence-corrected chi connectivity index (χ1v) is 9.02. The van der Waals surface area contributed by atoms with Gasteiger partial charge in [-0.2, -0.15) is 0 Å². The highest BCUT2D eigenvalue weighted by Crippen LogP contribution is 2.58. The van der Waals surface area contributed by atoms with Gasteiger partial charge in [-0.25, -0.2) is 4.90 Å². The Hall–Kier alpha value is -2.16. The number of fused-ring (bicyclic) bond motifs is 5. The maximum atomic E-state index is 13.1. The van der Waals surface area contributed by atoms with E-state index < -0.39 is 0 Å². The number of carbonyl (C=O) groups is 2. The summed E-state index contributed by atoms with van der Waals surface area (Å²) in [4.78, 5) is 27.8. The van der Waals surface area contributed by atoms with Crippen LogP contribution in [0.25, 0.3) is 0 Å². The lowest BCUT2D eigenvalue weighted by molar-refractivity contribution is -0.122. The van der Waals surface area contributed by atoms with Gasteiger partial charge in [0.1, 0.15) is 0 Å². The van der Waals surface area contributed by atoms with E-state index in [1.807, 2.05) is 31.2 Å². The first-order valence-electron chi connectivity index (χ1n) is 9.02. The standard InChI is InChI=1S/C21H21NO2/c1-12-6-2-5-9-16(12)22-20(23)18-14-10-11-15(19(18)21(22)24)17(14)13-7-3-4-8-13/h2,5-6,9-11,14-15,18-19H,3-4,7-8H2,1H3/t14-,15-,18+,19+/m1/s1. The fourth-order valence-corrected chi connectivity index (χ4v) is 5.38. The van der Waals surface area contributed by atoms with Crippen molar-refractivity contribution in [1.29, 1.82) is 0 Å². The summed E-state index contributed by atoms with van der Waals surface area (Å²) in [5.74, 6) is 0.00189. The Kier molecular flexibility index (Phi) is 2.91. The number of hydrogen-bond donors (Lipinski definition) is 0. The fourth-order valence-electron chi connectivity index (χ4n) is 5.38. The van der Waals surface area contributed by atoms with Crippen molar-refractivity contribution >= 4 is 17.5 Å². The molecule has 0 N–H and O–H groups in total. The third kappa shape index (κ3) is 1.68. The molecule has 3 fully saturated rings. The Morgan fingerprint density at radius 2 is 1.50 bits per heavy atom. The van der Waals surface area contributed by atoms with Gasteiger partial charge in [-0.1, -0.05) is 41.5 Å². The maximum absolute atomic E-state index is 13.1. The van der Waals surface area contributed by atoms with Gasteiger partial charge in [0, 0.05) is 11.8 Å². The van der Waals surface area contributed by atoms with E-state index in [0.717, 1.165) is 24.1 Å². The number of benzene rings is 1. The van der Waals surface area contributed by atoms with Crippen molar-refractivity contribution in [3.8, 4) is 0 Å². The first kappa shape index (κ1) is 14.2. The van der Waals surface area contributed by atoms with Crippen LogP contribution in [0, 0.1) is 30.6 Å². The average molecular weight is 319 g/mol. The predicted molar refractivity (Wildman–Crippen MR) is 92.3 cm³/mol. The Labute approximate surface area is 142 Å². The lowest BCUT2D eigenvalue weighted by Crippen LogP contribution is -2.33. The zero-order valence-electron chi connectivity index (χ0n) is 13.9. The van der Waals surface area contributed by atoms with Gasteiger partial charge in [0.15, 0.2) is 0 Å². The van der Waals surface area contributed by atoms with E-state index in [4.69, 9.17) is 0 Å². The molecule has 1 aliphatic heterocycles. The second-order valence-corrected chi connectivity index (χ2v) is 7.55. The van der Waals surface area contributed by atoms with Crippen LogP contribution in [0.1, 0.15) is 31.2 Å². The molecular weight excluding hydrogens is 298 g/mol. The molecule has 4 atom stereocenters. The third-order valence-corrected chi connectivity index (χ3v) is 6.39. The Morgan fingerprint density at radius 1 is 0.917 bits per heavy atom. The molecule has 3 heteroatoms. The molecule has 122 valence electrons. The molecule has 0 aromatic heterocycles. The van der Waals surface area contributed by atoms with Crippen LogP contribution in [0.2, 0.25) is 0 Å². The second-order valence-electron chi connectivity index (χ2n) is 7.55. The largest absolute Gasteiger partial charge is 0.274 e. The quantitative estimate of drug-likeness (QED) is 0.583. The number of aryl methyl sites for hydroxylation is 1. The van der Waals surface area contributed by atoms with Gasteiger partial charge < -0.3 is 0 Å². The van der Waals surface area contributed by atoms with E-state index in [2.05, 4.69) is 12.2 Å². The van der Waals surface area contributed by atoms with Crippen LogP contribution in [0.15, 0.2) is 47.6 Å². The molecule has 2 saturated carbocycles. The van der Waals surface area contributed by atoms with E-state index in [1.165, 1.54) is 28.9 Å². The summed E-state index contributed by atoms with van der Waals surface area (Å²) in [5, 5.41) is 0. The van der Waals surface area contributed by atoms with E-state index in [9.17, 15) is 9.59 Å². The van der Waals surface area contributed by atoms with Gasteiger partial charge in [0.25, 0.3) is 0 Å². The highest BCUT2D eigenvalue weighted by Gasteiger charge is 2.62. The summed E-state index contributed by atoms with van der Waals surface area (Å²) in [5.41, 5.74) is 4.70. The molecule has 0 unspecified atom stereocenters. The van der Waals surface area contributed by atoms with Crippen LogP contribution < -0.4 is 4.90 Å². The van der Waals surface area contributed by atoms with Crippen LogP contribution in [0.4, 0.5) is 5.69 Å². The van der Waals surface area contributed by atoms with Gasteiger partial charge in [-0.05, 0) is 44.2 Å². The number of para-hydroxylation sites is 1. The number of rotatable bonds is 1. The van der Waals surface area contributed by atoms with Gasteiger partial charge in [0.2, 0.25) is 11.8 Å². The number of allylic oxidation sites excluding steroid dienone is 4. The molecule has 5 rings (SSSR count). The van der Waals surface area contributed by atoms with Crippen LogP contribution in [-0.4, -0.2) is 11.8 Å². The Bertz CT molecular complexity index is 777. The number of imide groups is 1. The third-order valence-electron chi connectivity index (χ3n) is 6.39. The van der Waals surface area contributed by atoms with E-state index in [-0.39, 0.29) is 35.5 Å². The summed E-state index contributed by atoms with van der Waals surface area (Å²) >= 11 is 0. The lowest BCUT2D eigenvalue weighted by Gasteiger charge is -2.21. The summed E-state index contributed by atoms with van der Waals surface area (Å²) in [6.07, 6.45) is 9.22. The van der Waals surface area contributed by atoms with Gasteiger partial charge in [-0.15, -0.1) is 0 Å². The van der Waals surface area contributed by atoms with E-state index in [0.29, 0.717) is 0 Å². The molecule has 3 nitrogen and oxygen atoms in total. The average Bonchev–Trinajstić information content (AvgIpc) is 3.32. The highest BCUT2D eigenvalue weighted by molar-refractivity contribution is 6.23. The topological polar surface area (TPSA) is 37.4 Å². The minimum absolute atomic E-state index is 0.00671. The zero-order chi connectivity index (χ0) is 16.4. The predicted octanol–water partition coefficient (Wildman–Crippen LogP) is 3.79. The summed E-state index contributed by atoms with van der Waals surface area (Å²) in [6.45, 7) is 1.96. The SMILES string of the molecule is Cc1ccccc1N1C(=O)[C@@H]2[C@@H](C1=O)[C@@H]1C=C[C@@H]2C1=C1CCCC1. The number of carbonyl (C=O) groups excluding carboxylic acids is 2. The van der Waals surface area contributed by atoms with Crippen molar-refractivity contribution in [2.45, 2.75) is 32.6 Å². The van der Waals surface area contributed by atoms with Gasteiger partial charge in [-0.3, -0.25) is 9.59 Å². The summed E-state index contributed by atoms with van der Waals surface area (Å²) in [7, 11) is 0. The molecule has 3 aliphatic carbocycles. The maximum Gasteiger partial charge on any atom is 0.238 e. The number of anilines is 1. The summed E-state index contributed by atoms with van der Waals surface area (Å²) < 4.78 is 0. The zero-order valence-corrected chi connectivity index (χ0v) is 13.9. The molecule has 1 aromatic rings. The first-order chi connectivity index (χ1) is 11.7. The van der Waals surface area contributed by atoms with Crippen molar-refractivity contribution in [1.82, 2.24) is 0 Å². The molecule has 2 bridgehead atoms. The van der Waals surface area contributed by atoms with Crippen molar-refractivity contribution in [2.75, 3.05) is 4.90 Å². The molecule has 1 aromatic carbocycles. The molecule has 0 radical (unpaired) electrons. The Morgan fingerprint density at radius 3 is 2.08 bits per heavy atom. The molecule has 1 heterocycles. The molecular formula is C21H21NO2. The van der Waals surface area contributed by atoms with Crippen molar-refractivity contribution in [3.63, 3.8) is 0 Å². The van der Waals surface area contributed by atoms with Crippen molar-refractivity contribution in [3.05, 3.63) is 53.1 Å². The minimum Gasteiger partial charge on any atom is -0.274 e. The fraction of sp³-hybridized carbons (Fsp3) is 0.429.